The number of aryl methyl sites for hydroxylation is 1. The van der Waals surface area contributed by atoms with Crippen molar-refractivity contribution < 1.29 is 14.1 Å². The van der Waals surface area contributed by atoms with Crippen molar-refractivity contribution in [2.75, 3.05) is 19.0 Å². The number of esters is 1. The molecule has 8 heteroatoms. The van der Waals surface area contributed by atoms with E-state index in [9.17, 15) is 4.79 Å². The van der Waals surface area contributed by atoms with E-state index in [4.69, 9.17) is 4.52 Å². The number of hydrogen-bond acceptors (Lipinski definition) is 8. The lowest BCUT2D eigenvalue weighted by atomic mass is 10.4. The van der Waals surface area contributed by atoms with Gasteiger partial charge in [-0.2, -0.15) is 4.98 Å². The average Bonchev–Trinajstić information content (AvgIpc) is 2.98. The molecule has 0 aliphatic heterocycles. The molecule has 0 aromatic carbocycles. The highest BCUT2D eigenvalue weighted by Gasteiger charge is 2.10. The third-order valence-corrected chi connectivity index (χ3v) is 2.88. The van der Waals surface area contributed by atoms with Crippen LogP contribution in [0.3, 0.4) is 0 Å². The van der Waals surface area contributed by atoms with Gasteiger partial charge in [-0.1, -0.05) is 5.16 Å². The van der Waals surface area contributed by atoms with Gasteiger partial charge in [0.05, 0.1) is 7.11 Å². The maximum Gasteiger partial charge on any atom is 0.357 e. The number of aromatic nitrogens is 3. The van der Waals surface area contributed by atoms with Gasteiger partial charge in [-0.15, -0.1) is 11.3 Å². The molecule has 18 heavy (non-hydrogen) atoms. The summed E-state index contributed by atoms with van der Waals surface area (Å²) in [6, 6.07) is 0. The summed E-state index contributed by atoms with van der Waals surface area (Å²) in [7, 11) is 1.33. The molecule has 2 heterocycles. The van der Waals surface area contributed by atoms with Crippen LogP contribution < -0.4 is 5.32 Å². The van der Waals surface area contributed by atoms with Crippen molar-refractivity contribution in [3.63, 3.8) is 0 Å². The van der Waals surface area contributed by atoms with Crippen molar-refractivity contribution in [1.29, 1.82) is 0 Å². The molecule has 1 N–H and O–H groups in total. The molecule has 96 valence electrons. The van der Waals surface area contributed by atoms with Gasteiger partial charge in [0.15, 0.2) is 16.6 Å². The van der Waals surface area contributed by atoms with E-state index in [1.165, 1.54) is 18.4 Å². The van der Waals surface area contributed by atoms with E-state index in [0.29, 0.717) is 35.5 Å². The molecule has 0 radical (unpaired) electrons. The lowest BCUT2D eigenvalue weighted by Crippen LogP contribution is -2.06. The van der Waals surface area contributed by atoms with E-state index < -0.39 is 5.97 Å². The zero-order chi connectivity index (χ0) is 13.0. The van der Waals surface area contributed by atoms with Crippen LogP contribution in [0.5, 0.6) is 0 Å². The lowest BCUT2D eigenvalue weighted by Gasteiger charge is -1.98. The molecule has 0 spiro atoms. The third kappa shape index (κ3) is 3.04. The molecule has 0 aliphatic rings. The number of thiazole rings is 1. The zero-order valence-electron chi connectivity index (χ0n) is 9.97. The van der Waals surface area contributed by atoms with Gasteiger partial charge in [-0.05, 0) is 6.92 Å². The minimum atomic E-state index is -0.438. The molecular weight excluding hydrogens is 256 g/mol. The van der Waals surface area contributed by atoms with Crippen molar-refractivity contribution >= 4 is 22.4 Å². The number of hydrogen-bond donors (Lipinski definition) is 1. The standard InChI is InChI=1S/C10H12N4O3S/c1-6-12-8(17-14-6)3-4-11-10-13-7(5-18-10)9(15)16-2/h5H,3-4H2,1-2H3,(H,11,13). The summed E-state index contributed by atoms with van der Waals surface area (Å²) in [6.07, 6.45) is 0.605. The predicted octanol–water partition coefficient (Wildman–Crippen LogP) is 1.28. The molecule has 2 aromatic rings. The molecule has 0 bridgehead atoms. The Morgan fingerprint density at radius 1 is 1.56 bits per heavy atom. The SMILES string of the molecule is COC(=O)c1csc(NCCc2nc(C)no2)n1. The fraction of sp³-hybridized carbons (Fsp3) is 0.400. The summed E-state index contributed by atoms with van der Waals surface area (Å²) in [5.74, 6) is 0.754. The fourth-order valence-corrected chi connectivity index (χ4v) is 1.98. The van der Waals surface area contributed by atoms with Crippen LogP contribution >= 0.6 is 11.3 Å². The summed E-state index contributed by atoms with van der Waals surface area (Å²) >= 11 is 1.34. The number of nitrogens with one attached hydrogen (secondary N) is 1. The van der Waals surface area contributed by atoms with Crippen LogP contribution in [0.2, 0.25) is 0 Å². The van der Waals surface area contributed by atoms with Crippen molar-refractivity contribution in [3.8, 4) is 0 Å². The van der Waals surface area contributed by atoms with Crippen LogP contribution in [0.4, 0.5) is 5.13 Å². The highest BCUT2D eigenvalue weighted by molar-refractivity contribution is 7.13. The van der Waals surface area contributed by atoms with Crippen LogP contribution in [-0.4, -0.2) is 34.7 Å². The summed E-state index contributed by atoms with van der Waals surface area (Å²) in [5, 5.41) is 9.07. The zero-order valence-corrected chi connectivity index (χ0v) is 10.8. The summed E-state index contributed by atoms with van der Waals surface area (Å²) < 4.78 is 9.54. The van der Waals surface area contributed by atoms with Crippen LogP contribution in [0.1, 0.15) is 22.2 Å². The number of nitrogens with zero attached hydrogens (tertiary/aromatic N) is 3. The first-order valence-corrected chi connectivity index (χ1v) is 6.14. The molecule has 2 aromatic heterocycles. The first kappa shape index (κ1) is 12.5. The Kier molecular flexibility index (Phi) is 3.88. The molecule has 0 fully saturated rings. The summed E-state index contributed by atoms with van der Waals surface area (Å²) in [4.78, 5) is 19.3. The smallest absolute Gasteiger partial charge is 0.357 e. The first-order valence-electron chi connectivity index (χ1n) is 5.26. The van der Waals surface area contributed by atoms with Crippen LogP contribution in [-0.2, 0) is 11.2 Å². The van der Waals surface area contributed by atoms with Gasteiger partial charge < -0.3 is 14.6 Å². The highest BCUT2D eigenvalue weighted by Crippen LogP contribution is 2.15. The van der Waals surface area contributed by atoms with Crippen LogP contribution in [0, 0.1) is 6.92 Å². The minimum absolute atomic E-state index is 0.304. The third-order valence-electron chi connectivity index (χ3n) is 2.08. The Morgan fingerprint density at radius 3 is 3.06 bits per heavy atom. The molecule has 0 aliphatic carbocycles. The van der Waals surface area contributed by atoms with Crippen LogP contribution in [0.25, 0.3) is 0 Å². The van der Waals surface area contributed by atoms with Gasteiger partial charge in [0, 0.05) is 18.3 Å². The quantitative estimate of drug-likeness (QED) is 0.817. The number of carbonyl (C=O) groups excluding carboxylic acids is 1. The lowest BCUT2D eigenvalue weighted by molar-refractivity contribution is 0.0595. The monoisotopic (exact) mass is 268 g/mol. The topological polar surface area (TPSA) is 90.1 Å². The van der Waals surface area contributed by atoms with E-state index in [2.05, 4.69) is 25.2 Å². The Balaban J connectivity index is 1.83. The molecule has 7 nitrogen and oxygen atoms in total. The second-order valence-corrected chi connectivity index (χ2v) is 4.30. The molecule has 2 rings (SSSR count). The van der Waals surface area contributed by atoms with Gasteiger partial charge in [-0.25, -0.2) is 9.78 Å². The van der Waals surface area contributed by atoms with Crippen molar-refractivity contribution in [2.24, 2.45) is 0 Å². The van der Waals surface area contributed by atoms with Crippen molar-refractivity contribution in [1.82, 2.24) is 15.1 Å². The van der Waals surface area contributed by atoms with E-state index in [1.54, 1.807) is 12.3 Å². The summed E-state index contributed by atoms with van der Waals surface area (Å²) in [6.45, 7) is 2.37. The number of carbonyl (C=O) groups is 1. The van der Waals surface area contributed by atoms with Crippen molar-refractivity contribution in [2.45, 2.75) is 13.3 Å². The molecule has 0 unspecified atom stereocenters. The Hall–Kier alpha value is -1.96. The van der Waals surface area contributed by atoms with Gasteiger partial charge in [0.1, 0.15) is 0 Å². The van der Waals surface area contributed by atoms with E-state index in [1.807, 2.05) is 0 Å². The molecule has 0 amide bonds. The Bertz CT molecular complexity index is 537. The predicted molar refractivity (Wildman–Crippen MR) is 64.7 cm³/mol. The second kappa shape index (κ2) is 5.58. The van der Waals surface area contributed by atoms with Gasteiger partial charge in [0.2, 0.25) is 5.89 Å². The molecular formula is C10H12N4O3S. The van der Waals surface area contributed by atoms with Gasteiger partial charge in [0.25, 0.3) is 0 Å². The van der Waals surface area contributed by atoms with E-state index in [0.717, 1.165) is 0 Å². The fourth-order valence-electron chi connectivity index (χ4n) is 1.27. The average molecular weight is 268 g/mol. The number of ether oxygens (including phenoxy) is 1. The number of methoxy groups -OCH3 is 1. The highest BCUT2D eigenvalue weighted by atomic mass is 32.1. The normalized spacial score (nSPS) is 10.3. The van der Waals surface area contributed by atoms with Crippen LogP contribution in [0.15, 0.2) is 9.90 Å². The maximum atomic E-state index is 11.2. The number of anilines is 1. The Morgan fingerprint density at radius 2 is 2.39 bits per heavy atom. The van der Waals surface area contributed by atoms with Gasteiger partial charge >= 0.3 is 5.97 Å². The second-order valence-electron chi connectivity index (χ2n) is 3.44. The molecule has 0 saturated carbocycles. The van der Waals surface area contributed by atoms with E-state index >= 15 is 0 Å². The first-order chi connectivity index (χ1) is 8.69. The number of rotatable bonds is 5. The minimum Gasteiger partial charge on any atom is -0.464 e. The molecule has 0 saturated heterocycles. The molecule has 0 atom stereocenters. The Labute approximate surface area is 107 Å². The van der Waals surface area contributed by atoms with Gasteiger partial charge in [-0.3, -0.25) is 0 Å². The maximum absolute atomic E-state index is 11.2. The van der Waals surface area contributed by atoms with Crippen molar-refractivity contribution in [3.05, 3.63) is 22.8 Å². The largest absolute Gasteiger partial charge is 0.464 e. The van der Waals surface area contributed by atoms with E-state index in [-0.39, 0.29) is 0 Å². The summed E-state index contributed by atoms with van der Waals surface area (Å²) in [5.41, 5.74) is 0.304.